The number of hydrogen-bond donors (Lipinski definition) is 2. The van der Waals surface area contributed by atoms with Crippen LogP contribution >= 0.6 is 0 Å². The fourth-order valence-corrected chi connectivity index (χ4v) is 2.83. The summed E-state index contributed by atoms with van der Waals surface area (Å²) in [6, 6.07) is 11.9. The van der Waals surface area contributed by atoms with Gasteiger partial charge in [0.25, 0.3) is 0 Å². The first kappa shape index (κ1) is 16.8. The highest BCUT2D eigenvalue weighted by molar-refractivity contribution is 5.92. The van der Waals surface area contributed by atoms with E-state index in [1.807, 2.05) is 48.1 Å². The number of hydrogen-bond acceptors (Lipinski definition) is 6. The molecule has 1 aromatic carbocycles. The molecule has 0 amide bonds. The standard InChI is InChI=1S/C20H20N6O/c1-26-9-8-22-18(26)13-27-19-10-14(4-6-23-19)12-25-16-2-3-17-15(11-16)5-7-24-20(17)21/h2-11,25H,12-13H2,1H3,(H2,21,24). The fraction of sp³-hybridized carbons (Fsp3) is 0.150. The normalized spacial score (nSPS) is 10.9. The zero-order chi connectivity index (χ0) is 18.6. The molecule has 0 radical (unpaired) electrons. The van der Waals surface area contributed by atoms with Crippen LogP contribution in [0.5, 0.6) is 5.88 Å². The van der Waals surface area contributed by atoms with Crippen LogP contribution in [0.1, 0.15) is 11.4 Å². The van der Waals surface area contributed by atoms with Crippen LogP contribution in [0.3, 0.4) is 0 Å². The van der Waals surface area contributed by atoms with Crippen molar-refractivity contribution in [3.63, 3.8) is 0 Å². The monoisotopic (exact) mass is 360 g/mol. The molecule has 0 aliphatic heterocycles. The molecule has 0 fully saturated rings. The minimum atomic E-state index is 0.382. The van der Waals surface area contributed by atoms with Crippen molar-refractivity contribution >= 4 is 22.3 Å². The number of pyridine rings is 2. The first-order valence-corrected chi connectivity index (χ1v) is 8.61. The average Bonchev–Trinajstić information content (AvgIpc) is 3.10. The Balaban J connectivity index is 1.42. The summed E-state index contributed by atoms with van der Waals surface area (Å²) in [4.78, 5) is 12.6. The SMILES string of the molecule is Cn1ccnc1COc1cc(CNc2ccc3c(N)nccc3c2)ccn1. The lowest BCUT2D eigenvalue weighted by atomic mass is 10.1. The van der Waals surface area contributed by atoms with Crippen LogP contribution in [0.25, 0.3) is 10.8 Å². The molecule has 4 rings (SSSR count). The number of nitrogens with one attached hydrogen (secondary N) is 1. The second kappa shape index (κ2) is 7.33. The minimum absolute atomic E-state index is 0.382. The lowest BCUT2D eigenvalue weighted by molar-refractivity contribution is 0.280. The number of nitrogen functional groups attached to an aromatic ring is 1. The molecular formula is C20H20N6O. The third-order valence-corrected chi connectivity index (χ3v) is 4.36. The number of aryl methyl sites for hydroxylation is 1. The number of aromatic nitrogens is 4. The van der Waals surface area contributed by atoms with E-state index < -0.39 is 0 Å². The Morgan fingerprint density at radius 1 is 1.04 bits per heavy atom. The highest BCUT2D eigenvalue weighted by Crippen LogP contribution is 2.23. The molecule has 3 aromatic heterocycles. The van der Waals surface area contributed by atoms with Gasteiger partial charge < -0.3 is 20.4 Å². The quantitative estimate of drug-likeness (QED) is 0.549. The summed E-state index contributed by atoms with van der Waals surface area (Å²) in [5, 5.41) is 5.43. The van der Waals surface area contributed by atoms with Gasteiger partial charge in [0.05, 0.1) is 0 Å². The van der Waals surface area contributed by atoms with Gasteiger partial charge in [-0.25, -0.2) is 15.0 Å². The average molecular weight is 360 g/mol. The molecule has 3 heterocycles. The molecule has 7 heteroatoms. The van der Waals surface area contributed by atoms with E-state index >= 15 is 0 Å². The third kappa shape index (κ3) is 3.82. The lowest BCUT2D eigenvalue weighted by Gasteiger charge is -2.10. The summed E-state index contributed by atoms with van der Waals surface area (Å²) in [6.45, 7) is 1.04. The topological polar surface area (TPSA) is 90.9 Å². The maximum Gasteiger partial charge on any atom is 0.213 e. The van der Waals surface area contributed by atoms with Gasteiger partial charge in [0.15, 0.2) is 0 Å². The Morgan fingerprint density at radius 3 is 2.78 bits per heavy atom. The van der Waals surface area contributed by atoms with Crippen molar-refractivity contribution in [2.45, 2.75) is 13.2 Å². The zero-order valence-corrected chi connectivity index (χ0v) is 15.0. The highest BCUT2D eigenvalue weighted by Gasteiger charge is 2.04. The lowest BCUT2D eigenvalue weighted by Crippen LogP contribution is -2.05. The first-order chi connectivity index (χ1) is 13.2. The van der Waals surface area contributed by atoms with E-state index in [0.717, 1.165) is 27.8 Å². The fourth-order valence-electron chi connectivity index (χ4n) is 2.83. The summed E-state index contributed by atoms with van der Waals surface area (Å²) < 4.78 is 7.68. The maximum absolute atomic E-state index is 5.90. The van der Waals surface area contributed by atoms with Crippen molar-refractivity contribution in [2.24, 2.45) is 7.05 Å². The van der Waals surface area contributed by atoms with Crippen molar-refractivity contribution in [1.82, 2.24) is 19.5 Å². The van der Waals surface area contributed by atoms with Crippen LogP contribution in [0.15, 0.2) is 61.2 Å². The number of nitrogens with zero attached hydrogens (tertiary/aromatic N) is 4. The molecule has 0 aliphatic rings. The van der Waals surface area contributed by atoms with Gasteiger partial charge in [-0.1, -0.05) is 0 Å². The molecule has 4 aromatic rings. The minimum Gasteiger partial charge on any atom is -0.469 e. The van der Waals surface area contributed by atoms with Gasteiger partial charge in [-0.3, -0.25) is 0 Å². The van der Waals surface area contributed by atoms with Crippen molar-refractivity contribution in [1.29, 1.82) is 0 Å². The molecule has 0 saturated heterocycles. The van der Waals surface area contributed by atoms with Crippen molar-refractivity contribution in [3.05, 3.63) is 72.6 Å². The highest BCUT2D eigenvalue weighted by atomic mass is 16.5. The summed E-state index contributed by atoms with van der Waals surface area (Å²) in [7, 11) is 1.94. The smallest absolute Gasteiger partial charge is 0.213 e. The van der Waals surface area contributed by atoms with Gasteiger partial charge in [-0.05, 0) is 41.3 Å². The largest absolute Gasteiger partial charge is 0.469 e. The van der Waals surface area contributed by atoms with E-state index in [-0.39, 0.29) is 0 Å². The molecule has 0 spiro atoms. The van der Waals surface area contributed by atoms with Gasteiger partial charge in [0, 0.05) is 55.5 Å². The van der Waals surface area contributed by atoms with Gasteiger partial charge >= 0.3 is 0 Å². The first-order valence-electron chi connectivity index (χ1n) is 8.61. The van der Waals surface area contributed by atoms with Crippen molar-refractivity contribution in [2.75, 3.05) is 11.1 Å². The molecule has 0 bridgehead atoms. The Labute approximate surface area is 156 Å². The van der Waals surface area contributed by atoms with Crippen molar-refractivity contribution < 1.29 is 4.74 Å². The summed E-state index contributed by atoms with van der Waals surface area (Å²) in [5.74, 6) is 1.97. The molecular weight excluding hydrogens is 340 g/mol. The van der Waals surface area contributed by atoms with E-state index in [1.165, 1.54) is 0 Å². The van der Waals surface area contributed by atoms with E-state index in [1.54, 1.807) is 18.6 Å². The van der Waals surface area contributed by atoms with E-state index in [9.17, 15) is 0 Å². The summed E-state index contributed by atoms with van der Waals surface area (Å²) >= 11 is 0. The van der Waals surface area contributed by atoms with Crippen LogP contribution in [0.4, 0.5) is 11.5 Å². The molecule has 136 valence electrons. The number of fused-ring (bicyclic) bond motifs is 1. The van der Waals surface area contributed by atoms with Crippen LogP contribution in [0, 0.1) is 0 Å². The molecule has 27 heavy (non-hydrogen) atoms. The molecule has 0 saturated carbocycles. The Morgan fingerprint density at radius 2 is 1.93 bits per heavy atom. The molecule has 0 aliphatic carbocycles. The number of imidazole rings is 1. The van der Waals surface area contributed by atoms with Gasteiger partial charge in [-0.2, -0.15) is 0 Å². The number of ether oxygens (including phenoxy) is 1. The second-order valence-corrected chi connectivity index (χ2v) is 6.23. The Kier molecular flexibility index (Phi) is 4.57. The predicted octanol–water partition coefficient (Wildman–Crippen LogP) is 3.14. The van der Waals surface area contributed by atoms with E-state index in [2.05, 4.69) is 26.3 Å². The number of rotatable bonds is 6. The number of benzene rings is 1. The van der Waals surface area contributed by atoms with E-state index in [4.69, 9.17) is 10.5 Å². The second-order valence-electron chi connectivity index (χ2n) is 6.23. The number of nitrogens with two attached hydrogens (primary N) is 1. The van der Waals surface area contributed by atoms with Gasteiger partial charge in [0.1, 0.15) is 18.2 Å². The van der Waals surface area contributed by atoms with Crippen LogP contribution < -0.4 is 15.8 Å². The Bertz CT molecular complexity index is 1070. The van der Waals surface area contributed by atoms with Crippen molar-refractivity contribution in [3.8, 4) is 5.88 Å². The molecule has 3 N–H and O–H groups in total. The van der Waals surface area contributed by atoms with Crippen LogP contribution in [-0.2, 0) is 20.2 Å². The predicted molar refractivity (Wildman–Crippen MR) is 105 cm³/mol. The van der Waals surface area contributed by atoms with E-state index in [0.29, 0.717) is 24.8 Å². The molecule has 0 unspecified atom stereocenters. The number of anilines is 2. The van der Waals surface area contributed by atoms with Gasteiger partial charge in [0.2, 0.25) is 5.88 Å². The third-order valence-electron chi connectivity index (χ3n) is 4.36. The summed E-state index contributed by atoms with van der Waals surface area (Å²) in [6.07, 6.45) is 7.10. The maximum atomic E-state index is 5.90. The summed E-state index contributed by atoms with van der Waals surface area (Å²) in [5.41, 5.74) is 7.99. The molecule has 0 atom stereocenters. The molecule has 7 nitrogen and oxygen atoms in total. The van der Waals surface area contributed by atoms with Crippen LogP contribution in [0.2, 0.25) is 0 Å². The Hall–Kier alpha value is -3.61. The van der Waals surface area contributed by atoms with Gasteiger partial charge in [-0.15, -0.1) is 0 Å². The zero-order valence-electron chi connectivity index (χ0n) is 15.0. The van der Waals surface area contributed by atoms with Crippen LogP contribution in [-0.4, -0.2) is 19.5 Å².